The molecule has 3 nitrogen and oxygen atoms in total. The van der Waals surface area contributed by atoms with Gasteiger partial charge in [0.25, 0.3) is 0 Å². The van der Waals surface area contributed by atoms with Crippen LogP contribution >= 0.6 is 43.5 Å². The summed E-state index contributed by atoms with van der Waals surface area (Å²) in [5.41, 5.74) is 2.88. The number of hydrogen-bond acceptors (Lipinski definition) is 2. The van der Waals surface area contributed by atoms with E-state index in [1.54, 1.807) is 4.68 Å². The molecule has 6 heteroatoms. The summed E-state index contributed by atoms with van der Waals surface area (Å²) in [4.78, 5) is 0. The zero-order valence-corrected chi connectivity index (χ0v) is 15.2. The fraction of sp³-hybridized carbons (Fsp3) is 0.357. The van der Waals surface area contributed by atoms with Crippen molar-refractivity contribution in [3.05, 3.63) is 44.6 Å². The highest BCUT2D eigenvalue weighted by molar-refractivity contribution is 9.10. The Morgan fingerprint density at radius 2 is 2.15 bits per heavy atom. The van der Waals surface area contributed by atoms with Crippen LogP contribution in [0.2, 0.25) is 5.02 Å². The first-order chi connectivity index (χ1) is 9.58. The molecule has 0 N–H and O–H groups in total. The molecule has 0 aliphatic carbocycles. The number of ether oxygens (including phenoxy) is 1. The van der Waals surface area contributed by atoms with Crippen LogP contribution in [0.4, 0.5) is 0 Å². The molecule has 0 fully saturated rings. The van der Waals surface area contributed by atoms with Gasteiger partial charge in [-0.15, -0.1) is 0 Å². The smallest absolute Gasteiger partial charge is 0.138 e. The van der Waals surface area contributed by atoms with Crippen molar-refractivity contribution < 1.29 is 4.74 Å². The number of rotatable bonds is 5. The summed E-state index contributed by atoms with van der Waals surface area (Å²) in [5, 5.41) is 5.82. The van der Waals surface area contributed by atoms with E-state index < -0.39 is 0 Å². The number of aromatic nitrogens is 2. The highest BCUT2D eigenvalue weighted by Crippen LogP contribution is 2.32. The molecule has 2 rings (SSSR count). The van der Waals surface area contributed by atoms with Gasteiger partial charge in [0, 0.05) is 17.9 Å². The standard InChI is InChI=1S/C14H15Br2ClN2O/c1-3-11-13(17)12(19(2)18-11)8-20-14-9(7-15)5-4-6-10(14)16/h4-6H,3,7-8H2,1-2H3. The Kier molecular flexibility index (Phi) is 5.52. The van der Waals surface area contributed by atoms with Gasteiger partial charge >= 0.3 is 0 Å². The molecule has 1 heterocycles. The van der Waals surface area contributed by atoms with Gasteiger partial charge < -0.3 is 4.74 Å². The molecule has 0 atom stereocenters. The second-order valence-corrected chi connectivity index (χ2v) is 6.13. The number of benzene rings is 1. The lowest BCUT2D eigenvalue weighted by atomic mass is 10.2. The number of alkyl halides is 1. The summed E-state index contributed by atoms with van der Waals surface area (Å²) in [7, 11) is 1.88. The monoisotopic (exact) mass is 420 g/mol. The van der Waals surface area contributed by atoms with Gasteiger partial charge in [-0.25, -0.2) is 0 Å². The molecule has 2 aromatic rings. The fourth-order valence-corrected chi connectivity index (χ4v) is 3.25. The third-order valence-corrected chi connectivity index (χ3v) is 4.71. The summed E-state index contributed by atoms with van der Waals surface area (Å²) < 4.78 is 8.66. The van der Waals surface area contributed by atoms with Crippen molar-refractivity contribution in [2.75, 3.05) is 0 Å². The average Bonchev–Trinajstić information content (AvgIpc) is 2.72. The molecule has 0 saturated carbocycles. The van der Waals surface area contributed by atoms with Gasteiger partial charge in [0.05, 0.1) is 20.9 Å². The lowest BCUT2D eigenvalue weighted by molar-refractivity contribution is 0.291. The average molecular weight is 423 g/mol. The van der Waals surface area contributed by atoms with Gasteiger partial charge in [-0.3, -0.25) is 4.68 Å². The SMILES string of the molecule is CCc1nn(C)c(COc2c(Br)cccc2CBr)c1Cl. The maximum absolute atomic E-state index is 6.33. The lowest BCUT2D eigenvalue weighted by Gasteiger charge is -2.12. The quantitative estimate of drug-likeness (QED) is 0.643. The van der Waals surface area contributed by atoms with Crippen LogP contribution in [0.5, 0.6) is 5.75 Å². The Balaban J connectivity index is 2.23. The third kappa shape index (κ3) is 3.21. The van der Waals surface area contributed by atoms with Gasteiger partial charge in [0.15, 0.2) is 0 Å². The Morgan fingerprint density at radius 3 is 2.75 bits per heavy atom. The van der Waals surface area contributed by atoms with Crippen molar-refractivity contribution in [1.82, 2.24) is 9.78 Å². The fourth-order valence-electron chi connectivity index (χ4n) is 1.94. The minimum absolute atomic E-state index is 0.394. The number of para-hydroxylation sites is 1. The Labute approximate surface area is 140 Å². The maximum Gasteiger partial charge on any atom is 0.138 e. The summed E-state index contributed by atoms with van der Waals surface area (Å²) in [5.74, 6) is 0.833. The largest absolute Gasteiger partial charge is 0.486 e. The Morgan fingerprint density at radius 1 is 1.40 bits per heavy atom. The Bertz CT molecular complexity index is 613. The summed E-state index contributed by atoms with van der Waals surface area (Å²) in [6.45, 7) is 2.43. The van der Waals surface area contributed by atoms with Crippen molar-refractivity contribution in [2.24, 2.45) is 7.05 Å². The summed E-state index contributed by atoms with van der Waals surface area (Å²) >= 11 is 13.3. The second kappa shape index (κ2) is 6.96. The van der Waals surface area contributed by atoms with E-state index in [1.165, 1.54) is 0 Å². The molecule has 0 bridgehead atoms. The van der Waals surface area contributed by atoms with Gasteiger partial charge in [0.2, 0.25) is 0 Å². The predicted molar refractivity (Wildman–Crippen MR) is 88.7 cm³/mol. The molecule has 0 aliphatic heterocycles. The van der Waals surface area contributed by atoms with E-state index in [9.17, 15) is 0 Å². The molecule has 0 saturated heterocycles. The molecule has 108 valence electrons. The minimum atomic E-state index is 0.394. The highest BCUT2D eigenvalue weighted by Gasteiger charge is 2.15. The van der Waals surface area contributed by atoms with Gasteiger partial charge in [-0.05, 0) is 28.4 Å². The topological polar surface area (TPSA) is 27.1 Å². The van der Waals surface area contributed by atoms with Crippen molar-refractivity contribution >= 4 is 43.5 Å². The molecule has 20 heavy (non-hydrogen) atoms. The van der Waals surface area contributed by atoms with Crippen LogP contribution in [0.3, 0.4) is 0 Å². The van der Waals surface area contributed by atoms with E-state index in [4.69, 9.17) is 16.3 Å². The highest BCUT2D eigenvalue weighted by atomic mass is 79.9. The molecule has 0 spiro atoms. The number of halogens is 3. The zero-order valence-electron chi connectivity index (χ0n) is 11.3. The van der Waals surface area contributed by atoms with Crippen molar-refractivity contribution in [3.63, 3.8) is 0 Å². The van der Waals surface area contributed by atoms with Crippen LogP contribution in [0.25, 0.3) is 0 Å². The van der Waals surface area contributed by atoms with E-state index in [0.29, 0.717) is 11.6 Å². The molecule has 0 radical (unpaired) electrons. The lowest BCUT2D eigenvalue weighted by Crippen LogP contribution is -2.05. The predicted octanol–water partition coefficient (Wildman–Crippen LogP) is 4.87. The third-order valence-electron chi connectivity index (χ3n) is 3.05. The molecule has 1 aromatic heterocycles. The van der Waals surface area contributed by atoms with Crippen molar-refractivity contribution in [2.45, 2.75) is 25.3 Å². The first-order valence-electron chi connectivity index (χ1n) is 6.24. The molecule has 0 unspecified atom stereocenters. The first-order valence-corrected chi connectivity index (χ1v) is 8.54. The van der Waals surface area contributed by atoms with Crippen LogP contribution in [0, 0.1) is 0 Å². The van der Waals surface area contributed by atoms with Gasteiger partial charge in [0.1, 0.15) is 12.4 Å². The summed E-state index contributed by atoms with van der Waals surface area (Å²) in [6.07, 6.45) is 0.814. The van der Waals surface area contributed by atoms with Crippen molar-refractivity contribution in [3.8, 4) is 5.75 Å². The Hall–Kier alpha value is -0.520. The van der Waals surface area contributed by atoms with Crippen LogP contribution in [0.15, 0.2) is 22.7 Å². The van der Waals surface area contributed by atoms with Crippen LogP contribution in [-0.2, 0) is 25.4 Å². The number of hydrogen-bond donors (Lipinski definition) is 0. The van der Waals surface area contributed by atoms with E-state index in [0.717, 1.165) is 38.9 Å². The van der Waals surface area contributed by atoms with Crippen LogP contribution in [-0.4, -0.2) is 9.78 Å². The van der Waals surface area contributed by atoms with E-state index in [-0.39, 0.29) is 0 Å². The molecule has 0 amide bonds. The normalized spacial score (nSPS) is 10.8. The van der Waals surface area contributed by atoms with E-state index in [1.807, 2.05) is 32.2 Å². The maximum atomic E-state index is 6.33. The zero-order chi connectivity index (χ0) is 14.7. The second-order valence-electron chi connectivity index (χ2n) is 4.33. The minimum Gasteiger partial charge on any atom is -0.486 e. The number of nitrogens with zero attached hydrogens (tertiary/aromatic N) is 2. The molecule has 1 aromatic carbocycles. The molecule has 0 aliphatic rings. The van der Waals surface area contributed by atoms with E-state index in [2.05, 4.69) is 37.0 Å². The van der Waals surface area contributed by atoms with Crippen LogP contribution < -0.4 is 4.74 Å². The number of aryl methyl sites for hydroxylation is 2. The molecular weight excluding hydrogens is 407 g/mol. The van der Waals surface area contributed by atoms with Gasteiger partial charge in [-0.2, -0.15) is 5.10 Å². The van der Waals surface area contributed by atoms with Gasteiger partial charge in [-0.1, -0.05) is 46.6 Å². The summed E-state index contributed by atoms with van der Waals surface area (Å²) in [6, 6.07) is 5.97. The molecular formula is C14H15Br2ClN2O. The van der Waals surface area contributed by atoms with Crippen molar-refractivity contribution in [1.29, 1.82) is 0 Å². The first kappa shape index (κ1) is 15.9. The van der Waals surface area contributed by atoms with Crippen LogP contribution in [0.1, 0.15) is 23.9 Å². The van der Waals surface area contributed by atoms with E-state index >= 15 is 0 Å².